The first kappa shape index (κ1) is 19.8. The molecule has 4 aromatic rings. The van der Waals surface area contributed by atoms with Crippen molar-refractivity contribution in [2.45, 2.75) is 26.2 Å². The third kappa shape index (κ3) is 4.58. The van der Waals surface area contributed by atoms with Crippen LogP contribution in [0.4, 0.5) is 0 Å². The number of aromatic nitrogens is 1. The fourth-order valence-electron chi connectivity index (χ4n) is 3.73. The van der Waals surface area contributed by atoms with Crippen LogP contribution < -0.4 is 0 Å². The maximum absolute atomic E-state index is 4.92. The fourth-order valence-corrected chi connectivity index (χ4v) is 3.73. The van der Waals surface area contributed by atoms with Crippen molar-refractivity contribution in [1.82, 2.24) is 4.98 Å². The van der Waals surface area contributed by atoms with Crippen LogP contribution >= 0.6 is 0 Å². The molecule has 0 saturated carbocycles. The van der Waals surface area contributed by atoms with Gasteiger partial charge in [0, 0.05) is 17.3 Å². The summed E-state index contributed by atoms with van der Waals surface area (Å²) in [6, 6.07) is 30.3. The van der Waals surface area contributed by atoms with Gasteiger partial charge in [0.1, 0.15) is 0 Å². The molecule has 1 heteroatoms. The van der Waals surface area contributed by atoms with Crippen LogP contribution in [0.2, 0.25) is 0 Å². The highest BCUT2D eigenvalue weighted by Crippen LogP contribution is 2.32. The smallest absolute Gasteiger partial charge is 0.0780 e. The predicted octanol–water partition coefficient (Wildman–Crippen LogP) is 7.41. The van der Waals surface area contributed by atoms with Crippen molar-refractivity contribution in [2.24, 2.45) is 0 Å². The van der Waals surface area contributed by atoms with E-state index in [4.69, 9.17) is 4.98 Å². The molecule has 1 nitrogen and oxygen atoms in total. The Bertz CT molecular complexity index is 1110. The van der Waals surface area contributed by atoms with Gasteiger partial charge in [0.25, 0.3) is 0 Å². The van der Waals surface area contributed by atoms with Gasteiger partial charge < -0.3 is 0 Å². The van der Waals surface area contributed by atoms with Gasteiger partial charge in [-0.1, -0.05) is 98.4 Å². The van der Waals surface area contributed by atoms with E-state index in [0.29, 0.717) is 0 Å². The van der Waals surface area contributed by atoms with Crippen molar-refractivity contribution in [3.05, 3.63) is 120 Å². The maximum atomic E-state index is 4.92. The minimum absolute atomic E-state index is 0.976. The van der Waals surface area contributed by atoms with E-state index in [1.54, 1.807) is 0 Å². The molecular formula is C29H27N. The summed E-state index contributed by atoms with van der Waals surface area (Å²) < 4.78 is 0. The Morgan fingerprint density at radius 1 is 0.733 bits per heavy atom. The lowest BCUT2D eigenvalue weighted by atomic mass is 9.95. The van der Waals surface area contributed by atoms with Gasteiger partial charge in [-0.25, -0.2) is 0 Å². The maximum Gasteiger partial charge on any atom is 0.0780 e. The molecule has 148 valence electrons. The molecule has 0 atom stereocenters. The first-order valence-electron chi connectivity index (χ1n) is 10.6. The SMILES string of the molecule is C=Cc1ccc(-c2cc(CCc3ccccc3)cnc2-c2ccc(CC)cc2)cc1. The molecule has 0 fully saturated rings. The fraction of sp³-hybridized carbons (Fsp3) is 0.138. The Balaban J connectivity index is 1.71. The molecule has 0 bridgehead atoms. The molecular weight excluding hydrogens is 362 g/mol. The van der Waals surface area contributed by atoms with Gasteiger partial charge in [0.2, 0.25) is 0 Å². The summed E-state index contributed by atoms with van der Waals surface area (Å²) in [6.07, 6.45) is 6.95. The summed E-state index contributed by atoms with van der Waals surface area (Å²) >= 11 is 0. The number of rotatable bonds is 7. The van der Waals surface area contributed by atoms with Gasteiger partial charge in [-0.2, -0.15) is 0 Å². The summed E-state index contributed by atoms with van der Waals surface area (Å²) in [6.45, 7) is 6.05. The zero-order chi connectivity index (χ0) is 20.8. The highest BCUT2D eigenvalue weighted by atomic mass is 14.7. The minimum atomic E-state index is 0.976. The summed E-state index contributed by atoms with van der Waals surface area (Å²) in [5, 5.41) is 0. The quantitative estimate of drug-likeness (QED) is 0.321. The lowest BCUT2D eigenvalue weighted by Crippen LogP contribution is -1.96. The molecule has 0 unspecified atom stereocenters. The van der Waals surface area contributed by atoms with Gasteiger partial charge in [0.15, 0.2) is 0 Å². The van der Waals surface area contributed by atoms with Crippen molar-refractivity contribution in [1.29, 1.82) is 0 Å². The van der Waals surface area contributed by atoms with Crippen molar-refractivity contribution in [3.8, 4) is 22.4 Å². The molecule has 1 heterocycles. The van der Waals surface area contributed by atoms with Crippen LogP contribution in [-0.4, -0.2) is 4.98 Å². The van der Waals surface area contributed by atoms with Gasteiger partial charge in [-0.3, -0.25) is 4.98 Å². The summed E-state index contributed by atoms with van der Waals surface area (Å²) in [5.74, 6) is 0. The summed E-state index contributed by atoms with van der Waals surface area (Å²) in [4.78, 5) is 4.92. The molecule has 30 heavy (non-hydrogen) atoms. The van der Waals surface area contributed by atoms with Gasteiger partial charge in [0.05, 0.1) is 5.69 Å². The van der Waals surface area contributed by atoms with Crippen LogP contribution in [0.3, 0.4) is 0 Å². The second kappa shape index (κ2) is 9.37. The van der Waals surface area contributed by atoms with Crippen molar-refractivity contribution < 1.29 is 0 Å². The zero-order valence-electron chi connectivity index (χ0n) is 17.5. The van der Waals surface area contributed by atoms with Crippen molar-refractivity contribution in [3.63, 3.8) is 0 Å². The third-order valence-electron chi connectivity index (χ3n) is 5.58. The van der Waals surface area contributed by atoms with E-state index in [1.807, 2.05) is 12.3 Å². The van der Waals surface area contributed by atoms with E-state index in [1.165, 1.54) is 27.8 Å². The van der Waals surface area contributed by atoms with Gasteiger partial charge >= 0.3 is 0 Å². The highest BCUT2D eigenvalue weighted by Gasteiger charge is 2.11. The van der Waals surface area contributed by atoms with E-state index in [9.17, 15) is 0 Å². The van der Waals surface area contributed by atoms with E-state index in [-0.39, 0.29) is 0 Å². The third-order valence-corrected chi connectivity index (χ3v) is 5.58. The Hall–Kier alpha value is -3.45. The Kier molecular flexibility index (Phi) is 6.20. The Labute approximate surface area is 179 Å². The molecule has 0 amide bonds. The number of hydrogen-bond acceptors (Lipinski definition) is 1. The van der Waals surface area contributed by atoms with Crippen LogP contribution in [-0.2, 0) is 19.3 Å². The Morgan fingerprint density at radius 2 is 1.40 bits per heavy atom. The molecule has 0 radical (unpaired) electrons. The van der Waals surface area contributed by atoms with Crippen molar-refractivity contribution in [2.75, 3.05) is 0 Å². The molecule has 0 aliphatic carbocycles. The average molecular weight is 390 g/mol. The number of aryl methyl sites for hydroxylation is 3. The zero-order valence-corrected chi connectivity index (χ0v) is 17.5. The van der Waals surface area contributed by atoms with E-state index >= 15 is 0 Å². The van der Waals surface area contributed by atoms with Crippen LogP contribution in [0.1, 0.15) is 29.2 Å². The van der Waals surface area contributed by atoms with E-state index in [0.717, 1.165) is 36.1 Å². The lowest BCUT2D eigenvalue weighted by Gasteiger charge is -2.13. The molecule has 0 N–H and O–H groups in total. The average Bonchev–Trinajstić information content (AvgIpc) is 2.83. The lowest BCUT2D eigenvalue weighted by molar-refractivity contribution is 0.951. The summed E-state index contributed by atoms with van der Waals surface area (Å²) in [7, 11) is 0. The second-order valence-electron chi connectivity index (χ2n) is 7.60. The number of pyridine rings is 1. The van der Waals surface area contributed by atoms with Crippen LogP contribution in [0.15, 0.2) is 97.7 Å². The van der Waals surface area contributed by atoms with Crippen LogP contribution in [0, 0.1) is 0 Å². The highest BCUT2D eigenvalue weighted by molar-refractivity contribution is 5.81. The monoisotopic (exact) mass is 389 g/mol. The van der Waals surface area contributed by atoms with Crippen molar-refractivity contribution >= 4 is 6.08 Å². The minimum Gasteiger partial charge on any atom is -0.255 e. The predicted molar refractivity (Wildman–Crippen MR) is 128 cm³/mol. The molecule has 3 aromatic carbocycles. The molecule has 0 spiro atoms. The molecule has 0 saturated heterocycles. The van der Waals surface area contributed by atoms with Crippen LogP contribution in [0.25, 0.3) is 28.5 Å². The summed E-state index contributed by atoms with van der Waals surface area (Å²) in [5.41, 5.74) is 9.64. The molecule has 4 rings (SSSR count). The normalized spacial score (nSPS) is 10.7. The standard InChI is InChI=1S/C29H27N/c1-3-22-12-16-26(17-13-22)28-20-25(11-10-24-8-6-5-7-9-24)21-30-29(28)27-18-14-23(4-2)15-19-27/h3,5-9,12-21H,1,4,10-11H2,2H3. The topological polar surface area (TPSA) is 12.9 Å². The van der Waals surface area contributed by atoms with Gasteiger partial charge in [-0.05, 0) is 53.1 Å². The van der Waals surface area contributed by atoms with Gasteiger partial charge in [-0.15, -0.1) is 0 Å². The number of nitrogens with zero attached hydrogens (tertiary/aromatic N) is 1. The van der Waals surface area contributed by atoms with Crippen LogP contribution in [0.5, 0.6) is 0 Å². The molecule has 1 aromatic heterocycles. The van der Waals surface area contributed by atoms with E-state index in [2.05, 4.69) is 98.4 Å². The first-order valence-corrected chi connectivity index (χ1v) is 10.6. The molecule has 0 aliphatic rings. The molecule has 0 aliphatic heterocycles. The first-order chi connectivity index (χ1) is 14.8. The number of benzene rings is 3. The number of hydrogen-bond donors (Lipinski definition) is 0. The second-order valence-corrected chi connectivity index (χ2v) is 7.60. The largest absolute Gasteiger partial charge is 0.255 e. The van der Waals surface area contributed by atoms with E-state index < -0.39 is 0 Å². The Morgan fingerprint density at radius 3 is 2.07 bits per heavy atom.